The van der Waals surface area contributed by atoms with Gasteiger partial charge in [0.05, 0.1) is 12.8 Å². The highest BCUT2D eigenvalue weighted by molar-refractivity contribution is 5.49. The fourth-order valence-electron chi connectivity index (χ4n) is 3.15. The van der Waals surface area contributed by atoms with Crippen molar-refractivity contribution in [3.63, 3.8) is 0 Å². The van der Waals surface area contributed by atoms with Crippen LogP contribution < -0.4 is 15.2 Å². The molecular weight excluding hydrogens is 240 g/mol. The van der Waals surface area contributed by atoms with Crippen LogP contribution in [0.1, 0.15) is 40.0 Å². The van der Waals surface area contributed by atoms with Crippen LogP contribution in [0.15, 0.2) is 12.1 Å². The van der Waals surface area contributed by atoms with Crippen LogP contribution in [0.4, 0.5) is 5.69 Å². The molecule has 1 heterocycles. The normalized spacial score (nSPS) is 25.9. The number of methoxy groups -OCH3 is 1. The van der Waals surface area contributed by atoms with E-state index in [9.17, 15) is 0 Å². The maximum atomic E-state index is 6.02. The zero-order chi connectivity index (χ0) is 14.0. The third kappa shape index (κ3) is 3.52. The van der Waals surface area contributed by atoms with Gasteiger partial charge in [0.1, 0.15) is 6.10 Å². The number of hydrogen-bond donors (Lipinski definition) is 1. The molecule has 4 heteroatoms. The van der Waals surface area contributed by atoms with Gasteiger partial charge in [-0.2, -0.15) is 4.98 Å². The van der Waals surface area contributed by atoms with E-state index in [1.54, 1.807) is 19.2 Å². The SMILES string of the molecule is COc1ccc(N)c(OC2CC(C)CC(C)(C)C2)n1. The molecule has 0 radical (unpaired) electrons. The molecule has 2 N–H and O–H groups in total. The third-order valence-electron chi connectivity index (χ3n) is 3.70. The monoisotopic (exact) mass is 264 g/mol. The predicted molar refractivity (Wildman–Crippen MR) is 76.4 cm³/mol. The third-order valence-corrected chi connectivity index (χ3v) is 3.70. The Hall–Kier alpha value is -1.45. The van der Waals surface area contributed by atoms with Gasteiger partial charge in [-0.1, -0.05) is 20.8 Å². The summed E-state index contributed by atoms with van der Waals surface area (Å²) >= 11 is 0. The molecule has 106 valence electrons. The van der Waals surface area contributed by atoms with Crippen LogP contribution in [0.2, 0.25) is 0 Å². The summed E-state index contributed by atoms with van der Waals surface area (Å²) in [6, 6.07) is 3.52. The molecule has 1 aliphatic carbocycles. The fraction of sp³-hybridized carbons (Fsp3) is 0.667. The Balaban J connectivity index is 2.12. The summed E-state index contributed by atoms with van der Waals surface area (Å²) in [5.74, 6) is 1.70. The zero-order valence-electron chi connectivity index (χ0n) is 12.3. The summed E-state index contributed by atoms with van der Waals surface area (Å²) in [4.78, 5) is 4.29. The summed E-state index contributed by atoms with van der Waals surface area (Å²) < 4.78 is 11.1. The van der Waals surface area contributed by atoms with Gasteiger partial charge in [-0.05, 0) is 36.7 Å². The number of rotatable bonds is 3. The van der Waals surface area contributed by atoms with Gasteiger partial charge in [0.15, 0.2) is 0 Å². The smallest absolute Gasteiger partial charge is 0.240 e. The average Bonchev–Trinajstić information content (AvgIpc) is 2.29. The van der Waals surface area contributed by atoms with E-state index in [0.717, 1.165) is 12.8 Å². The first-order valence-corrected chi connectivity index (χ1v) is 6.87. The summed E-state index contributed by atoms with van der Waals surface area (Å²) in [7, 11) is 1.59. The van der Waals surface area contributed by atoms with Crippen molar-refractivity contribution >= 4 is 5.69 Å². The molecule has 1 aliphatic rings. The van der Waals surface area contributed by atoms with E-state index in [1.807, 2.05) is 0 Å². The summed E-state index contributed by atoms with van der Waals surface area (Å²) in [6.07, 6.45) is 3.52. The average molecular weight is 264 g/mol. The Kier molecular flexibility index (Phi) is 3.88. The van der Waals surface area contributed by atoms with Gasteiger partial charge in [-0.25, -0.2) is 0 Å². The lowest BCUT2D eigenvalue weighted by molar-refractivity contribution is 0.0534. The van der Waals surface area contributed by atoms with Gasteiger partial charge in [0.2, 0.25) is 11.8 Å². The van der Waals surface area contributed by atoms with Gasteiger partial charge in [-0.15, -0.1) is 0 Å². The van der Waals surface area contributed by atoms with Crippen molar-refractivity contribution in [3.05, 3.63) is 12.1 Å². The van der Waals surface area contributed by atoms with Crippen LogP contribution in [0.3, 0.4) is 0 Å². The van der Waals surface area contributed by atoms with Crippen molar-refractivity contribution in [2.75, 3.05) is 12.8 Å². The second kappa shape index (κ2) is 5.27. The number of nitrogen functional groups attached to an aromatic ring is 1. The maximum absolute atomic E-state index is 6.02. The van der Waals surface area contributed by atoms with Crippen LogP contribution in [0.25, 0.3) is 0 Å². The molecule has 0 spiro atoms. The summed E-state index contributed by atoms with van der Waals surface area (Å²) in [6.45, 7) is 6.86. The van der Waals surface area contributed by atoms with Crippen molar-refractivity contribution in [1.82, 2.24) is 4.98 Å². The molecule has 1 saturated carbocycles. The number of nitrogens with two attached hydrogens (primary N) is 1. The zero-order valence-corrected chi connectivity index (χ0v) is 12.3. The highest BCUT2D eigenvalue weighted by atomic mass is 16.5. The van der Waals surface area contributed by atoms with Gasteiger partial charge >= 0.3 is 0 Å². The Morgan fingerprint density at radius 2 is 2.05 bits per heavy atom. The minimum Gasteiger partial charge on any atom is -0.481 e. The van der Waals surface area contributed by atoms with E-state index in [2.05, 4.69) is 25.8 Å². The Morgan fingerprint density at radius 3 is 2.68 bits per heavy atom. The number of hydrogen-bond acceptors (Lipinski definition) is 4. The maximum Gasteiger partial charge on any atom is 0.240 e. The number of ether oxygens (including phenoxy) is 2. The van der Waals surface area contributed by atoms with Crippen LogP contribution in [-0.4, -0.2) is 18.2 Å². The predicted octanol–water partition coefficient (Wildman–Crippen LogP) is 3.27. The largest absolute Gasteiger partial charge is 0.481 e. The lowest BCUT2D eigenvalue weighted by Gasteiger charge is -2.38. The van der Waals surface area contributed by atoms with Crippen molar-refractivity contribution in [2.24, 2.45) is 11.3 Å². The summed E-state index contributed by atoms with van der Waals surface area (Å²) in [5.41, 5.74) is 6.80. The van der Waals surface area contributed by atoms with Gasteiger partial charge < -0.3 is 15.2 Å². The molecule has 0 saturated heterocycles. The minimum atomic E-state index is 0.181. The van der Waals surface area contributed by atoms with Crippen LogP contribution >= 0.6 is 0 Å². The standard InChI is InChI=1S/C15H24N2O2/c1-10-7-11(9-15(2,3)8-10)19-14-12(16)5-6-13(17-14)18-4/h5-6,10-11H,7-9,16H2,1-4H3. The Bertz CT molecular complexity index is 446. The molecule has 1 aromatic heterocycles. The van der Waals surface area contributed by atoms with Crippen molar-refractivity contribution in [2.45, 2.75) is 46.1 Å². The second-order valence-electron chi connectivity index (χ2n) is 6.40. The first-order valence-electron chi connectivity index (χ1n) is 6.87. The van der Waals surface area contributed by atoms with Gasteiger partial charge in [0, 0.05) is 6.07 Å². The van der Waals surface area contributed by atoms with E-state index in [1.165, 1.54) is 6.42 Å². The Morgan fingerprint density at radius 1 is 1.32 bits per heavy atom. The highest BCUT2D eigenvalue weighted by Crippen LogP contribution is 2.40. The van der Waals surface area contributed by atoms with E-state index in [-0.39, 0.29) is 6.10 Å². The molecule has 0 amide bonds. The molecule has 1 aromatic rings. The molecule has 2 unspecified atom stereocenters. The second-order valence-corrected chi connectivity index (χ2v) is 6.40. The van der Waals surface area contributed by atoms with Crippen LogP contribution in [0, 0.1) is 11.3 Å². The van der Waals surface area contributed by atoms with Crippen molar-refractivity contribution in [3.8, 4) is 11.8 Å². The lowest BCUT2D eigenvalue weighted by atomic mass is 9.71. The van der Waals surface area contributed by atoms with Crippen molar-refractivity contribution in [1.29, 1.82) is 0 Å². The highest BCUT2D eigenvalue weighted by Gasteiger charge is 2.33. The van der Waals surface area contributed by atoms with E-state index >= 15 is 0 Å². The Labute approximate surface area is 115 Å². The fourth-order valence-corrected chi connectivity index (χ4v) is 3.15. The topological polar surface area (TPSA) is 57.4 Å². The van der Waals surface area contributed by atoms with Crippen LogP contribution in [0.5, 0.6) is 11.8 Å². The lowest BCUT2D eigenvalue weighted by Crippen LogP contribution is -2.34. The van der Waals surface area contributed by atoms with E-state index in [4.69, 9.17) is 15.2 Å². The van der Waals surface area contributed by atoms with Crippen molar-refractivity contribution < 1.29 is 9.47 Å². The molecule has 0 bridgehead atoms. The quantitative estimate of drug-likeness (QED) is 0.910. The van der Waals surface area contributed by atoms with Gasteiger partial charge in [-0.3, -0.25) is 0 Å². The summed E-state index contributed by atoms with van der Waals surface area (Å²) in [5, 5.41) is 0. The molecule has 19 heavy (non-hydrogen) atoms. The molecule has 0 aromatic carbocycles. The molecule has 0 aliphatic heterocycles. The van der Waals surface area contributed by atoms with Gasteiger partial charge in [0.25, 0.3) is 0 Å². The molecule has 1 fully saturated rings. The molecule has 4 nitrogen and oxygen atoms in total. The molecule has 2 rings (SSSR count). The number of pyridine rings is 1. The van der Waals surface area contributed by atoms with Crippen LogP contribution in [-0.2, 0) is 0 Å². The van der Waals surface area contributed by atoms with E-state index < -0.39 is 0 Å². The first-order chi connectivity index (χ1) is 8.89. The minimum absolute atomic E-state index is 0.181. The molecule has 2 atom stereocenters. The number of nitrogens with zero attached hydrogens (tertiary/aromatic N) is 1. The first kappa shape index (κ1) is 14.0. The number of anilines is 1. The van der Waals surface area contributed by atoms with E-state index in [0.29, 0.717) is 28.8 Å². The molecular formula is C15H24N2O2. The number of aromatic nitrogens is 1.